The van der Waals surface area contributed by atoms with E-state index in [4.69, 9.17) is 5.11 Å². The van der Waals surface area contributed by atoms with Crippen molar-refractivity contribution in [2.24, 2.45) is 4.99 Å². The van der Waals surface area contributed by atoms with Gasteiger partial charge < -0.3 is 5.11 Å². The molecule has 0 aliphatic heterocycles. The Hall–Kier alpha value is -1.92. The summed E-state index contributed by atoms with van der Waals surface area (Å²) >= 11 is 0. The van der Waals surface area contributed by atoms with Crippen LogP contribution in [0.25, 0.3) is 0 Å². The average molecular weight is 232 g/mol. The van der Waals surface area contributed by atoms with Crippen LogP contribution in [0.4, 0.5) is 13.2 Å². The van der Waals surface area contributed by atoms with E-state index >= 15 is 0 Å². The number of alkyl halides is 3. The van der Waals surface area contributed by atoms with Crippen LogP contribution in [0.3, 0.4) is 0 Å². The number of rotatable bonds is 3. The van der Waals surface area contributed by atoms with Gasteiger partial charge in [0.25, 0.3) is 0 Å². The highest BCUT2D eigenvalue weighted by molar-refractivity contribution is 5.83. The lowest BCUT2D eigenvalue weighted by molar-refractivity contribution is -0.141. The van der Waals surface area contributed by atoms with Gasteiger partial charge in [0.15, 0.2) is 5.69 Å². The Bertz CT molecular complexity index is 415. The minimum atomic E-state index is -4.58. The second kappa shape index (κ2) is 4.73. The summed E-state index contributed by atoms with van der Waals surface area (Å²) in [4.78, 5) is 16.7. The van der Waals surface area contributed by atoms with Crippen molar-refractivity contribution >= 4 is 12.2 Å². The van der Waals surface area contributed by atoms with Gasteiger partial charge in [-0.05, 0) is 12.1 Å². The molecule has 1 heterocycles. The lowest BCUT2D eigenvalue weighted by atomic mass is 10.2. The summed E-state index contributed by atoms with van der Waals surface area (Å²) in [6.45, 7) is -0.577. The summed E-state index contributed by atoms with van der Waals surface area (Å²) < 4.78 is 37.2. The van der Waals surface area contributed by atoms with Crippen molar-refractivity contribution in [1.82, 2.24) is 4.98 Å². The molecule has 0 radical (unpaired) electrons. The number of halogens is 3. The van der Waals surface area contributed by atoms with Crippen molar-refractivity contribution in [2.45, 2.75) is 6.18 Å². The van der Waals surface area contributed by atoms with Crippen molar-refractivity contribution in [3.05, 3.63) is 29.6 Å². The van der Waals surface area contributed by atoms with E-state index in [-0.39, 0.29) is 5.56 Å². The zero-order valence-electron chi connectivity index (χ0n) is 7.90. The van der Waals surface area contributed by atoms with Gasteiger partial charge in [0.2, 0.25) is 0 Å². The SMILES string of the molecule is O=C(O)CN=Cc1cccnc1C(F)(F)F. The fraction of sp³-hybridized carbons (Fsp3) is 0.222. The van der Waals surface area contributed by atoms with Gasteiger partial charge in [0.05, 0.1) is 0 Å². The highest BCUT2D eigenvalue weighted by Crippen LogP contribution is 2.29. The maximum Gasteiger partial charge on any atom is 0.433 e. The van der Waals surface area contributed by atoms with Gasteiger partial charge in [-0.25, -0.2) is 0 Å². The van der Waals surface area contributed by atoms with Crippen LogP contribution in [-0.4, -0.2) is 28.8 Å². The van der Waals surface area contributed by atoms with E-state index in [9.17, 15) is 18.0 Å². The molecule has 0 aliphatic carbocycles. The zero-order chi connectivity index (χ0) is 12.2. The number of aliphatic imine (C=N–C) groups is 1. The Morgan fingerprint density at radius 2 is 2.25 bits per heavy atom. The Kier molecular flexibility index (Phi) is 3.60. The minimum absolute atomic E-state index is 0.253. The number of nitrogens with zero attached hydrogens (tertiary/aromatic N) is 2. The van der Waals surface area contributed by atoms with E-state index in [0.29, 0.717) is 0 Å². The predicted molar refractivity (Wildman–Crippen MR) is 49.3 cm³/mol. The first kappa shape index (κ1) is 12.2. The average Bonchev–Trinajstić information content (AvgIpc) is 2.16. The molecule has 7 heteroatoms. The number of carbonyl (C=O) groups is 1. The minimum Gasteiger partial charge on any atom is -0.480 e. The van der Waals surface area contributed by atoms with Gasteiger partial charge in [-0.2, -0.15) is 13.2 Å². The molecule has 1 aromatic heterocycles. The Labute approximate surface area is 88.5 Å². The Morgan fingerprint density at radius 3 is 2.81 bits per heavy atom. The molecule has 0 saturated heterocycles. The van der Waals surface area contributed by atoms with Crippen molar-refractivity contribution in [1.29, 1.82) is 0 Å². The van der Waals surface area contributed by atoms with E-state index < -0.39 is 24.4 Å². The molecule has 0 unspecified atom stereocenters. The molecule has 86 valence electrons. The maximum absolute atomic E-state index is 12.4. The molecule has 0 spiro atoms. The largest absolute Gasteiger partial charge is 0.480 e. The molecule has 4 nitrogen and oxygen atoms in total. The summed E-state index contributed by atoms with van der Waals surface area (Å²) in [5, 5.41) is 8.27. The Morgan fingerprint density at radius 1 is 1.56 bits per heavy atom. The predicted octanol–water partition coefficient (Wildman–Crippen LogP) is 1.60. The molecular formula is C9H7F3N2O2. The molecule has 16 heavy (non-hydrogen) atoms. The monoisotopic (exact) mass is 232 g/mol. The summed E-state index contributed by atoms with van der Waals surface area (Å²) in [5.74, 6) is -1.21. The lowest BCUT2D eigenvalue weighted by Crippen LogP contribution is -2.11. The molecule has 1 aromatic rings. The summed E-state index contributed by atoms with van der Waals surface area (Å²) in [6, 6.07) is 2.48. The molecule has 0 bridgehead atoms. The van der Waals surface area contributed by atoms with E-state index in [1.165, 1.54) is 12.1 Å². The molecule has 0 saturated carbocycles. The van der Waals surface area contributed by atoms with Crippen molar-refractivity contribution < 1.29 is 23.1 Å². The first-order valence-electron chi connectivity index (χ1n) is 4.15. The summed E-state index contributed by atoms with van der Waals surface area (Å²) in [7, 11) is 0. The molecule has 1 N–H and O–H groups in total. The first-order valence-corrected chi connectivity index (χ1v) is 4.15. The van der Waals surface area contributed by atoms with E-state index in [1.807, 2.05) is 0 Å². The third-order valence-corrected chi connectivity index (χ3v) is 1.56. The van der Waals surface area contributed by atoms with Gasteiger partial charge in [0.1, 0.15) is 6.54 Å². The number of hydrogen-bond donors (Lipinski definition) is 1. The second-order valence-corrected chi connectivity index (χ2v) is 2.80. The van der Waals surface area contributed by atoms with Crippen LogP contribution in [0.2, 0.25) is 0 Å². The molecule has 0 atom stereocenters. The van der Waals surface area contributed by atoms with Crippen molar-refractivity contribution in [2.75, 3.05) is 6.54 Å². The molecule has 0 aromatic carbocycles. The number of hydrogen-bond acceptors (Lipinski definition) is 3. The normalized spacial score (nSPS) is 11.9. The second-order valence-electron chi connectivity index (χ2n) is 2.80. The molecule has 0 amide bonds. The number of pyridine rings is 1. The van der Waals surface area contributed by atoms with Gasteiger partial charge in [-0.3, -0.25) is 14.8 Å². The standard InChI is InChI=1S/C9H7F3N2O2/c10-9(11,12)8-6(2-1-3-14-8)4-13-5-7(15)16/h1-4H,5H2,(H,15,16). The van der Waals surface area contributed by atoms with E-state index in [0.717, 1.165) is 12.4 Å². The fourth-order valence-electron chi connectivity index (χ4n) is 0.981. The third kappa shape index (κ3) is 3.34. The van der Waals surface area contributed by atoms with Gasteiger partial charge in [-0.15, -0.1) is 0 Å². The highest BCUT2D eigenvalue weighted by atomic mass is 19.4. The quantitative estimate of drug-likeness (QED) is 0.805. The van der Waals surface area contributed by atoms with Crippen LogP contribution in [-0.2, 0) is 11.0 Å². The van der Waals surface area contributed by atoms with Crippen LogP contribution >= 0.6 is 0 Å². The summed E-state index contributed by atoms with van der Waals surface area (Å²) in [6.07, 6.45) is -2.72. The molecular weight excluding hydrogens is 225 g/mol. The maximum atomic E-state index is 12.4. The van der Waals surface area contributed by atoms with E-state index in [2.05, 4.69) is 9.98 Å². The number of carboxylic acids is 1. The topological polar surface area (TPSA) is 62.5 Å². The van der Waals surface area contributed by atoms with E-state index in [1.54, 1.807) is 0 Å². The van der Waals surface area contributed by atoms with Crippen LogP contribution < -0.4 is 0 Å². The third-order valence-electron chi connectivity index (χ3n) is 1.56. The van der Waals surface area contributed by atoms with Crippen molar-refractivity contribution in [3.63, 3.8) is 0 Å². The number of carboxylic acid groups (broad SMARTS) is 1. The lowest BCUT2D eigenvalue weighted by Gasteiger charge is -2.07. The van der Waals surface area contributed by atoms with Gasteiger partial charge >= 0.3 is 12.1 Å². The number of aromatic nitrogens is 1. The highest BCUT2D eigenvalue weighted by Gasteiger charge is 2.34. The number of aliphatic carboxylic acids is 1. The van der Waals surface area contributed by atoms with Crippen molar-refractivity contribution in [3.8, 4) is 0 Å². The molecule has 0 fully saturated rings. The van der Waals surface area contributed by atoms with Crippen LogP contribution in [0.1, 0.15) is 11.3 Å². The summed E-state index contributed by atoms with van der Waals surface area (Å²) in [5.41, 5.74) is -1.33. The van der Waals surface area contributed by atoms with Crippen LogP contribution in [0, 0.1) is 0 Å². The molecule has 0 aliphatic rings. The van der Waals surface area contributed by atoms with Crippen LogP contribution in [0.15, 0.2) is 23.3 Å². The molecule has 1 rings (SSSR count). The fourth-order valence-corrected chi connectivity index (χ4v) is 0.981. The van der Waals surface area contributed by atoms with Gasteiger partial charge in [-0.1, -0.05) is 0 Å². The van der Waals surface area contributed by atoms with Gasteiger partial charge in [0, 0.05) is 18.0 Å². The Balaban J connectivity index is 2.96. The first-order chi connectivity index (χ1) is 7.41. The van der Waals surface area contributed by atoms with Crippen LogP contribution in [0.5, 0.6) is 0 Å². The zero-order valence-corrected chi connectivity index (χ0v) is 7.90. The smallest absolute Gasteiger partial charge is 0.433 e.